The normalized spacial score (nSPS) is 11.1. The molecular weight excluding hydrogens is 360 g/mol. The molecule has 0 saturated carbocycles. The molecule has 0 aliphatic carbocycles. The van der Waals surface area contributed by atoms with E-state index in [0.717, 1.165) is 21.5 Å². The Bertz CT molecular complexity index is 1510. The van der Waals surface area contributed by atoms with Crippen molar-refractivity contribution in [3.8, 4) is 0 Å². The fourth-order valence-electron chi connectivity index (χ4n) is 3.45. The second-order valence-electron chi connectivity index (χ2n) is 6.21. The Balaban J connectivity index is 2.10. The van der Waals surface area contributed by atoms with E-state index in [1.165, 1.54) is 0 Å². The first-order valence-corrected chi connectivity index (χ1v) is 8.52. The molecule has 0 aliphatic heterocycles. The van der Waals surface area contributed by atoms with Gasteiger partial charge < -0.3 is 0 Å². The lowest BCUT2D eigenvalue weighted by atomic mass is 9.98. The van der Waals surface area contributed by atoms with E-state index in [0.29, 0.717) is 38.5 Å². The highest BCUT2D eigenvalue weighted by atomic mass is 35.5. The zero-order valence-electron chi connectivity index (χ0n) is 13.8. The zero-order valence-corrected chi connectivity index (χ0v) is 14.5. The van der Waals surface area contributed by atoms with Crippen LogP contribution in [0.15, 0.2) is 54.6 Å². The number of nitrogens with zero attached hydrogens (tertiary/aromatic N) is 6. The van der Waals surface area contributed by atoms with Crippen molar-refractivity contribution >= 4 is 66.6 Å². The van der Waals surface area contributed by atoms with E-state index >= 15 is 0 Å². The lowest BCUT2D eigenvalue weighted by Gasteiger charge is -2.09. The zero-order chi connectivity index (χ0) is 18.5. The van der Waals surface area contributed by atoms with Gasteiger partial charge in [-0.05, 0) is 41.1 Å². The van der Waals surface area contributed by atoms with Gasteiger partial charge in [-0.2, -0.15) is 0 Å². The first kappa shape index (κ1) is 15.4. The number of hydrogen-bond acceptors (Lipinski definition) is 4. The van der Waals surface area contributed by atoms with E-state index in [1.807, 2.05) is 18.2 Å². The minimum Gasteiger partial charge on any atom is -0.244 e. The summed E-state index contributed by atoms with van der Waals surface area (Å²) in [6.45, 7) is 0. The van der Waals surface area contributed by atoms with Gasteiger partial charge >= 0.3 is 11.4 Å². The molecule has 0 fully saturated rings. The molecule has 0 saturated heterocycles. The summed E-state index contributed by atoms with van der Waals surface area (Å²) >= 11 is 6.11. The molecule has 5 aromatic rings. The van der Waals surface area contributed by atoms with Gasteiger partial charge in [0.1, 0.15) is 0 Å². The van der Waals surface area contributed by atoms with Crippen LogP contribution in [0.25, 0.3) is 53.6 Å². The van der Waals surface area contributed by atoms with Crippen LogP contribution in [0.1, 0.15) is 0 Å². The minimum atomic E-state index is 0.429. The minimum absolute atomic E-state index is 0.429. The van der Waals surface area contributed by atoms with E-state index in [9.17, 15) is 10.8 Å². The summed E-state index contributed by atoms with van der Waals surface area (Å²) in [5.74, 6) is 0. The van der Waals surface area contributed by atoms with Crippen LogP contribution in [0.5, 0.6) is 0 Å². The van der Waals surface area contributed by atoms with Crippen molar-refractivity contribution in [1.82, 2.24) is 9.97 Å². The molecular formula is C20H9ClN6+2. The Kier molecular flexibility index (Phi) is 3.17. The van der Waals surface area contributed by atoms with Crippen molar-refractivity contribution in [2.75, 3.05) is 0 Å². The summed E-state index contributed by atoms with van der Waals surface area (Å²) in [6.07, 6.45) is 0. The maximum absolute atomic E-state index is 9.19. The van der Waals surface area contributed by atoms with Gasteiger partial charge in [0.25, 0.3) is 0 Å². The molecule has 0 N–H and O–H groups in total. The molecule has 27 heavy (non-hydrogen) atoms. The van der Waals surface area contributed by atoms with Crippen molar-refractivity contribution in [3.63, 3.8) is 0 Å². The molecule has 0 atom stereocenters. The first-order chi connectivity index (χ1) is 13.2. The second-order valence-corrected chi connectivity index (χ2v) is 6.65. The molecule has 0 spiro atoms. The van der Waals surface area contributed by atoms with Crippen LogP contribution in [0.4, 0.5) is 11.4 Å². The molecule has 0 aliphatic rings. The first-order valence-electron chi connectivity index (χ1n) is 8.14. The SMILES string of the molecule is N#[N+]c1ccc2c3ccc([N+]#N)cc3c3nc4cc(Cl)ccc4nc3c2c1. The molecule has 0 unspecified atom stereocenters. The fraction of sp³-hybridized carbons (Fsp3) is 0. The largest absolute Gasteiger partial charge is 0.385 e. The van der Waals surface area contributed by atoms with Crippen LogP contribution in [-0.2, 0) is 0 Å². The maximum atomic E-state index is 9.19. The van der Waals surface area contributed by atoms with Crippen molar-refractivity contribution in [3.05, 3.63) is 69.6 Å². The number of benzene rings is 4. The van der Waals surface area contributed by atoms with Gasteiger partial charge in [0.15, 0.2) is 9.95 Å². The summed E-state index contributed by atoms with van der Waals surface area (Å²) in [4.78, 5) is 16.2. The van der Waals surface area contributed by atoms with Crippen LogP contribution in [0.2, 0.25) is 5.02 Å². The van der Waals surface area contributed by atoms with Gasteiger partial charge in [-0.25, -0.2) is 9.97 Å². The number of hydrogen-bond donors (Lipinski definition) is 0. The Morgan fingerprint density at radius 2 is 1.19 bits per heavy atom. The third-order valence-corrected chi connectivity index (χ3v) is 4.90. The Hall–Kier alpha value is -3.87. The maximum Gasteiger partial charge on any atom is 0.385 e. The molecule has 124 valence electrons. The molecule has 0 radical (unpaired) electrons. The number of halogens is 1. The summed E-state index contributed by atoms with van der Waals surface area (Å²) in [5, 5.41) is 22.5. The summed E-state index contributed by atoms with van der Waals surface area (Å²) in [5.41, 5.74) is 3.58. The second kappa shape index (κ2) is 5.57. The van der Waals surface area contributed by atoms with Crippen molar-refractivity contribution in [1.29, 1.82) is 10.8 Å². The Morgan fingerprint density at radius 1 is 0.630 bits per heavy atom. The fourth-order valence-corrected chi connectivity index (χ4v) is 3.62. The van der Waals surface area contributed by atoms with Crippen molar-refractivity contribution in [2.24, 2.45) is 0 Å². The standard InChI is InChI=1S/C20H9ClN6/c21-10-1-6-17-18(7-10)25-20-16-9-12(27-23)3-5-14(16)13-4-2-11(26-22)8-15(13)19(20)24-17/h1-9H/q+2. The monoisotopic (exact) mass is 368 g/mol. The number of rotatable bonds is 0. The van der Waals surface area contributed by atoms with Gasteiger partial charge in [0.2, 0.25) is 10.8 Å². The van der Waals surface area contributed by atoms with E-state index in [4.69, 9.17) is 21.6 Å². The van der Waals surface area contributed by atoms with E-state index in [1.54, 1.807) is 36.4 Å². The van der Waals surface area contributed by atoms with Crippen molar-refractivity contribution < 1.29 is 0 Å². The number of fused-ring (bicyclic) bond motifs is 7. The molecule has 1 heterocycles. The third kappa shape index (κ3) is 2.25. The van der Waals surface area contributed by atoms with E-state index < -0.39 is 0 Å². The van der Waals surface area contributed by atoms with Gasteiger partial charge in [0, 0.05) is 40.1 Å². The summed E-state index contributed by atoms with van der Waals surface area (Å²) in [6, 6.07) is 16.1. The highest BCUT2D eigenvalue weighted by Gasteiger charge is 2.18. The van der Waals surface area contributed by atoms with E-state index in [-0.39, 0.29) is 0 Å². The van der Waals surface area contributed by atoms with Crippen LogP contribution < -0.4 is 0 Å². The Morgan fingerprint density at radius 3 is 1.74 bits per heavy atom. The van der Waals surface area contributed by atoms with Gasteiger partial charge in [-0.3, -0.25) is 0 Å². The Labute approximate surface area is 157 Å². The highest BCUT2D eigenvalue weighted by Crippen LogP contribution is 2.37. The summed E-state index contributed by atoms with van der Waals surface area (Å²) < 4.78 is 0. The van der Waals surface area contributed by atoms with Crippen LogP contribution in [-0.4, -0.2) is 9.97 Å². The topological polar surface area (TPSA) is 82.1 Å². The molecule has 0 bridgehead atoms. The van der Waals surface area contributed by atoms with Crippen LogP contribution in [0, 0.1) is 10.8 Å². The molecule has 7 heteroatoms. The average Bonchev–Trinajstić information content (AvgIpc) is 2.71. The van der Waals surface area contributed by atoms with Gasteiger partial charge in [0.05, 0.1) is 22.1 Å². The van der Waals surface area contributed by atoms with Crippen LogP contribution in [0.3, 0.4) is 0 Å². The average molecular weight is 369 g/mol. The van der Waals surface area contributed by atoms with E-state index in [2.05, 4.69) is 9.95 Å². The number of aromatic nitrogens is 2. The molecule has 6 nitrogen and oxygen atoms in total. The number of diazo groups is 2. The lowest BCUT2D eigenvalue weighted by Crippen LogP contribution is -1.91. The van der Waals surface area contributed by atoms with Crippen molar-refractivity contribution in [2.45, 2.75) is 0 Å². The quantitative estimate of drug-likeness (QED) is 0.173. The molecule has 0 amide bonds. The lowest BCUT2D eigenvalue weighted by molar-refractivity contribution is 1.41. The smallest absolute Gasteiger partial charge is 0.244 e. The molecule has 4 aromatic carbocycles. The van der Waals surface area contributed by atoms with Gasteiger partial charge in [-0.15, -0.1) is 0 Å². The third-order valence-electron chi connectivity index (χ3n) is 4.66. The highest BCUT2D eigenvalue weighted by molar-refractivity contribution is 6.31. The van der Waals surface area contributed by atoms with Crippen LogP contribution >= 0.6 is 11.6 Å². The molecule has 1 aromatic heterocycles. The molecule has 5 rings (SSSR count). The van der Waals surface area contributed by atoms with Gasteiger partial charge in [-0.1, -0.05) is 11.6 Å². The summed E-state index contributed by atoms with van der Waals surface area (Å²) in [7, 11) is 0. The predicted molar refractivity (Wildman–Crippen MR) is 107 cm³/mol. The predicted octanol–water partition coefficient (Wildman–Crippen LogP) is 6.71.